The summed E-state index contributed by atoms with van der Waals surface area (Å²) in [6.45, 7) is 1.64. The Bertz CT molecular complexity index is 562. The Kier molecular flexibility index (Phi) is 5.69. The zero-order valence-corrected chi connectivity index (χ0v) is 12.5. The number of imidazole rings is 1. The van der Waals surface area contributed by atoms with Gasteiger partial charge in [-0.2, -0.15) is 0 Å². The van der Waals surface area contributed by atoms with Crippen LogP contribution in [0.25, 0.3) is 11.3 Å². The van der Waals surface area contributed by atoms with Gasteiger partial charge < -0.3 is 15.5 Å². The van der Waals surface area contributed by atoms with Crippen LogP contribution in [0.3, 0.4) is 0 Å². The van der Waals surface area contributed by atoms with E-state index < -0.39 is 0 Å². The maximum Gasteiger partial charge on any atom is 0.129 e. The van der Waals surface area contributed by atoms with Gasteiger partial charge in [0.1, 0.15) is 11.6 Å². The Morgan fingerprint density at radius 1 is 1.24 bits per heavy atom. The molecule has 0 unspecified atom stereocenters. The standard InChI is InChI=1S/C17H23N3O/c1-13(21)8-4-2-7-11-15(18)17-19-12-16(20-17)14-9-5-3-6-10-14/h3,5-6,9-10,12,15H,2,4,7-8,11,18H2,1H3,(H,19,20)/t15-/m0/s1. The van der Waals surface area contributed by atoms with E-state index in [-0.39, 0.29) is 11.8 Å². The smallest absolute Gasteiger partial charge is 0.129 e. The van der Waals surface area contributed by atoms with Gasteiger partial charge in [-0.1, -0.05) is 43.2 Å². The molecule has 0 amide bonds. The van der Waals surface area contributed by atoms with E-state index >= 15 is 0 Å². The van der Waals surface area contributed by atoms with Gasteiger partial charge in [-0.15, -0.1) is 0 Å². The molecule has 0 aliphatic heterocycles. The Morgan fingerprint density at radius 2 is 2.00 bits per heavy atom. The van der Waals surface area contributed by atoms with Crippen LogP contribution in [-0.4, -0.2) is 15.8 Å². The average Bonchev–Trinajstić information content (AvgIpc) is 2.97. The number of nitrogens with two attached hydrogens (primary N) is 1. The van der Waals surface area contributed by atoms with E-state index in [4.69, 9.17) is 5.73 Å². The van der Waals surface area contributed by atoms with Crippen molar-refractivity contribution in [2.45, 2.75) is 45.1 Å². The molecule has 1 aromatic heterocycles. The van der Waals surface area contributed by atoms with E-state index in [1.54, 1.807) is 6.92 Å². The second-order valence-electron chi connectivity index (χ2n) is 5.46. The highest BCUT2D eigenvalue weighted by Gasteiger charge is 2.10. The first-order valence-corrected chi connectivity index (χ1v) is 7.52. The minimum Gasteiger partial charge on any atom is -0.341 e. The largest absolute Gasteiger partial charge is 0.341 e. The molecule has 112 valence electrons. The number of carbonyl (C=O) groups is 1. The first kappa shape index (κ1) is 15.4. The van der Waals surface area contributed by atoms with Crippen LogP contribution in [0.4, 0.5) is 0 Å². The lowest BCUT2D eigenvalue weighted by atomic mass is 10.1. The van der Waals surface area contributed by atoms with Crippen molar-refractivity contribution in [3.63, 3.8) is 0 Å². The van der Waals surface area contributed by atoms with Crippen molar-refractivity contribution in [2.75, 3.05) is 0 Å². The Hall–Kier alpha value is -1.94. The van der Waals surface area contributed by atoms with E-state index in [1.807, 2.05) is 36.5 Å². The van der Waals surface area contributed by atoms with Gasteiger partial charge in [0, 0.05) is 6.42 Å². The van der Waals surface area contributed by atoms with Gasteiger partial charge in [-0.05, 0) is 25.3 Å². The van der Waals surface area contributed by atoms with E-state index in [0.717, 1.165) is 42.8 Å². The van der Waals surface area contributed by atoms with Crippen molar-refractivity contribution >= 4 is 5.78 Å². The molecular formula is C17H23N3O. The number of Topliss-reactive ketones (excluding diaryl/α,β-unsaturated/α-hetero) is 1. The number of nitrogens with zero attached hydrogens (tertiary/aromatic N) is 1. The minimum atomic E-state index is -0.0696. The molecule has 2 rings (SSSR count). The molecule has 0 bridgehead atoms. The highest BCUT2D eigenvalue weighted by Crippen LogP contribution is 2.20. The fourth-order valence-electron chi connectivity index (χ4n) is 2.34. The molecule has 0 saturated carbocycles. The summed E-state index contributed by atoms with van der Waals surface area (Å²) in [5, 5.41) is 0. The van der Waals surface area contributed by atoms with Crippen LogP contribution in [-0.2, 0) is 4.79 Å². The van der Waals surface area contributed by atoms with Crippen molar-refractivity contribution in [1.29, 1.82) is 0 Å². The number of H-pyrrole nitrogens is 1. The molecule has 0 fully saturated rings. The number of hydrogen-bond acceptors (Lipinski definition) is 3. The number of aromatic nitrogens is 2. The quantitative estimate of drug-likeness (QED) is 0.728. The van der Waals surface area contributed by atoms with Gasteiger partial charge >= 0.3 is 0 Å². The molecule has 1 aromatic carbocycles. The number of aromatic amines is 1. The summed E-state index contributed by atoms with van der Waals surface area (Å²) in [4.78, 5) is 18.5. The lowest BCUT2D eigenvalue weighted by Crippen LogP contribution is -2.12. The summed E-state index contributed by atoms with van der Waals surface area (Å²) in [6.07, 6.45) is 6.42. The number of carbonyl (C=O) groups excluding carboxylic acids is 1. The third-order valence-electron chi connectivity index (χ3n) is 3.58. The maximum absolute atomic E-state index is 10.9. The molecule has 4 nitrogen and oxygen atoms in total. The number of benzene rings is 1. The molecule has 2 aromatic rings. The van der Waals surface area contributed by atoms with E-state index in [2.05, 4.69) is 9.97 Å². The summed E-state index contributed by atoms with van der Waals surface area (Å²) in [5.41, 5.74) is 8.28. The zero-order valence-electron chi connectivity index (χ0n) is 12.5. The fourth-order valence-corrected chi connectivity index (χ4v) is 2.34. The Morgan fingerprint density at radius 3 is 2.71 bits per heavy atom. The summed E-state index contributed by atoms with van der Waals surface area (Å²) in [6, 6.07) is 10.0. The average molecular weight is 285 g/mol. The first-order valence-electron chi connectivity index (χ1n) is 7.52. The number of unbranched alkanes of at least 4 members (excludes halogenated alkanes) is 2. The molecule has 1 heterocycles. The Balaban J connectivity index is 1.82. The van der Waals surface area contributed by atoms with Crippen molar-refractivity contribution in [3.8, 4) is 11.3 Å². The van der Waals surface area contributed by atoms with Crippen LogP contribution in [0.15, 0.2) is 36.5 Å². The van der Waals surface area contributed by atoms with E-state index in [9.17, 15) is 4.79 Å². The van der Waals surface area contributed by atoms with Crippen molar-refractivity contribution in [2.24, 2.45) is 5.73 Å². The van der Waals surface area contributed by atoms with Crippen LogP contribution < -0.4 is 5.73 Å². The molecule has 4 heteroatoms. The minimum absolute atomic E-state index is 0.0696. The predicted molar refractivity (Wildman–Crippen MR) is 84.7 cm³/mol. The first-order chi connectivity index (χ1) is 10.2. The molecule has 0 saturated heterocycles. The molecule has 0 aliphatic rings. The number of ketones is 1. The highest BCUT2D eigenvalue weighted by molar-refractivity contribution is 5.75. The third-order valence-corrected chi connectivity index (χ3v) is 3.58. The maximum atomic E-state index is 10.9. The van der Waals surface area contributed by atoms with E-state index in [0.29, 0.717) is 6.42 Å². The van der Waals surface area contributed by atoms with Crippen molar-refractivity contribution in [1.82, 2.24) is 9.97 Å². The normalized spacial score (nSPS) is 12.3. The van der Waals surface area contributed by atoms with Crippen molar-refractivity contribution < 1.29 is 4.79 Å². The highest BCUT2D eigenvalue weighted by atomic mass is 16.1. The number of hydrogen-bond donors (Lipinski definition) is 2. The zero-order chi connectivity index (χ0) is 15.1. The van der Waals surface area contributed by atoms with Gasteiger partial charge in [0.25, 0.3) is 0 Å². The van der Waals surface area contributed by atoms with Crippen LogP contribution in [0, 0.1) is 0 Å². The Labute approximate surface area is 125 Å². The monoisotopic (exact) mass is 285 g/mol. The van der Waals surface area contributed by atoms with Gasteiger partial charge in [0.15, 0.2) is 0 Å². The molecule has 0 aliphatic carbocycles. The summed E-state index contributed by atoms with van der Waals surface area (Å²) >= 11 is 0. The molecule has 0 spiro atoms. The van der Waals surface area contributed by atoms with Crippen LogP contribution in [0.1, 0.15) is 50.9 Å². The number of nitrogens with one attached hydrogen (secondary N) is 1. The molecule has 3 N–H and O–H groups in total. The molecular weight excluding hydrogens is 262 g/mol. The van der Waals surface area contributed by atoms with E-state index in [1.165, 1.54) is 0 Å². The van der Waals surface area contributed by atoms with Crippen LogP contribution >= 0.6 is 0 Å². The summed E-state index contributed by atoms with van der Waals surface area (Å²) in [7, 11) is 0. The van der Waals surface area contributed by atoms with Gasteiger partial charge in [0.2, 0.25) is 0 Å². The second kappa shape index (κ2) is 7.74. The molecule has 1 atom stereocenters. The fraction of sp³-hybridized carbons (Fsp3) is 0.412. The SMILES string of the molecule is CC(=O)CCCCC[C@H](N)c1ncc(-c2ccccc2)[nH]1. The van der Waals surface area contributed by atoms with Crippen LogP contribution in [0.2, 0.25) is 0 Å². The molecule has 0 radical (unpaired) electrons. The van der Waals surface area contributed by atoms with Gasteiger partial charge in [-0.3, -0.25) is 0 Å². The third kappa shape index (κ3) is 4.83. The lowest BCUT2D eigenvalue weighted by molar-refractivity contribution is -0.117. The van der Waals surface area contributed by atoms with Crippen LogP contribution in [0.5, 0.6) is 0 Å². The second-order valence-corrected chi connectivity index (χ2v) is 5.46. The van der Waals surface area contributed by atoms with Crippen molar-refractivity contribution in [3.05, 3.63) is 42.4 Å². The topological polar surface area (TPSA) is 71.8 Å². The summed E-state index contributed by atoms with van der Waals surface area (Å²) < 4.78 is 0. The predicted octanol–water partition coefficient (Wildman–Crippen LogP) is 3.62. The summed E-state index contributed by atoms with van der Waals surface area (Å²) in [5.74, 6) is 1.10. The lowest BCUT2D eigenvalue weighted by Gasteiger charge is -2.08. The van der Waals surface area contributed by atoms with Gasteiger partial charge in [-0.25, -0.2) is 4.98 Å². The molecule has 21 heavy (non-hydrogen) atoms. The van der Waals surface area contributed by atoms with Gasteiger partial charge in [0.05, 0.1) is 17.9 Å². The number of rotatable bonds is 8.